The van der Waals surface area contributed by atoms with Crippen molar-refractivity contribution in [3.8, 4) is 11.4 Å². The molecule has 0 aliphatic rings. The zero-order valence-corrected chi connectivity index (χ0v) is 16.5. The molecule has 0 fully saturated rings. The molecule has 1 aromatic carbocycles. The van der Waals surface area contributed by atoms with Gasteiger partial charge in [-0.25, -0.2) is 0 Å². The minimum Gasteiger partial charge on any atom is -0.324 e. The summed E-state index contributed by atoms with van der Waals surface area (Å²) in [6.07, 6.45) is 3.46. The van der Waals surface area contributed by atoms with E-state index in [0.29, 0.717) is 0 Å². The van der Waals surface area contributed by atoms with Gasteiger partial charge in [-0.3, -0.25) is 9.78 Å². The molecule has 0 aliphatic carbocycles. The molecule has 2 aromatic heterocycles. The van der Waals surface area contributed by atoms with Gasteiger partial charge in [0.1, 0.15) is 0 Å². The maximum atomic E-state index is 12.2. The van der Waals surface area contributed by atoms with E-state index in [-0.39, 0.29) is 11.7 Å². The number of hydrogen-bond acceptors (Lipinski definition) is 5. The van der Waals surface area contributed by atoms with Gasteiger partial charge in [0.15, 0.2) is 11.0 Å². The van der Waals surface area contributed by atoms with Gasteiger partial charge in [-0.1, -0.05) is 23.9 Å². The van der Waals surface area contributed by atoms with E-state index in [2.05, 4.69) is 43.1 Å². The Hall–Kier alpha value is -1.94. The maximum absolute atomic E-state index is 12.2. The molecule has 2 heterocycles. The van der Waals surface area contributed by atoms with Crippen LogP contribution in [0.15, 0.2) is 53.9 Å². The summed E-state index contributed by atoms with van der Waals surface area (Å²) in [6.45, 7) is 2.76. The predicted molar refractivity (Wildman–Crippen MR) is 107 cm³/mol. The van der Waals surface area contributed by atoms with Crippen LogP contribution in [0.4, 0.5) is 5.69 Å². The number of anilines is 1. The molecule has 6 nitrogen and oxygen atoms in total. The molecule has 0 aliphatic heterocycles. The fourth-order valence-electron chi connectivity index (χ4n) is 2.27. The van der Waals surface area contributed by atoms with E-state index in [4.69, 9.17) is 0 Å². The fraction of sp³-hybridized carbons (Fsp3) is 0.176. The molecule has 3 rings (SSSR count). The Morgan fingerprint density at radius 2 is 1.96 bits per heavy atom. The van der Waals surface area contributed by atoms with Crippen molar-refractivity contribution in [2.24, 2.45) is 0 Å². The van der Waals surface area contributed by atoms with Gasteiger partial charge in [0.05, 0.1) is 11.4 Å². The predicted octanol–water partition coefficient (Wildman–Crippen LogP) is 3.70. The topological polar surface area (TPSA) is 72.7 Å². The van der Waals surface area contributed by atoms with Crippen LogP contribution in [-0.2, 0) is 11.3 Å². The van der Waals surface area contributed by atoms with Crippen LogP contribution in [0.25, 0.3) is 11.4 Å². The molecule has 0 saturated heterocycles. The molecule has 0 unspecified atom stereocenters. The molecule has 1 amide bonds. The number of halogens is 1. The number of hydrogen-bond donors (Lipinski definition) is 1. The zero-order chi connectivity index (χ0) is 17.6. The molecule has 0 spiro atoms. The molecule has 3 aromatic rings. The number of pyridine rings is 1. The lowest BCUT2D eigenvalue weighted by Crippen LogP contribution is -2.15. The molecular weight excluding hydrogens is 449 g/mol. The highest BCUT2D eigenvalue weighted by atomic mass is 127. The number of aromatic nitrogens is 4. The van der Waals surface area contributed by atoms with Crippen molar-refractivity contribution in [1.29, 1.82) is 0 Å². The molecule has 0 bridgehead atoms. The lowest BCUT2D eigenvalue weighted by molar-refractivity contribution is -0.113. The zero-order valence-electron chi connectivity index (χ0n) is 13.5. The third kappa shape index (κ3) is 4.37. The van der Waals surface area contributed by atoms with Crippen LogP contribution in [0.2, 0.25) is 0 Å². The van der Waals surface area contributed by atoms with E-state index in [1.165, 1.54) is 11.8 Å². The smallest absolute Gasteiger partial charge is 0.234 e. The molecular formula is C17H16IN5OS. The third-order valence-electron chi connectivity index (χ3n) is 3.45. The van der Waals surface area contributed by atoms with E-state index in [0.717, 1.165) is 32.3 Å². The summed E-state index contributed by atoms with van der Waals surface area (Å²) in [5, 5.41) is 12.2. The highest BCUT2D eigenvalue weighted by Crippen LogP contribution is 2.24. The first-order valence-corrected chi connectivity index (χ1v) is 9.76. The van der Waals surface area contributed by atoms with Gasteiger partial charge in [0, 0.05) is 28.1 Å². The standard InChI is InChI=1S/C17H16IN5OS/c1-2-23-16(12-7-9-19-10-8-12)21-22-17(23)25-11-15(24)20-14-6-4-3-5-13(14)18/h3-10H,2,11H2,1H3,(H,20,24). The van der Waals surface area contributed by atoms with Crippen molar-refractivity contribution in [3.63, 3.8) is 0 Å². The summed E-state index contributed by atoms with van der Waals surface area (Å²) in [5.74, 6) is 0.995. The lowest BCUT2D eigenvalue weighted by atomic mass is 10.2. The summed E-state index contributed by atoms with van der Waals surface area (Å²) in [7, 11) is 0. The maximum Gasteiger partial charge on any atom is 0.234 e. The second-order valence-corrected chi connectivity index (χ2v) is 7.21. The second-order valence-electron chi connectivity index (χ2n) is 5.10. The number of nitrogens with one attached hydrogen (secondary N) is 1. The summed E-state index contributed by atoms with van der Waals surface area (Å²) in [4.78, 5) is 16.2. The van der Waals surface area contributed by atoms with Crippen molar-refractivity contribution >= 4 is 45.9 Å². The quantitative estimate of drug-likeness (QED) is 0.444. The number of carbonyl (C=O) groups is 1. The Morgan fingerprint density at radius 1 is 1.20 bits per heavy atom. The molecule has 0 radical (unpaired) electrons. The Bertz CT molecular complexity index is 868. The van der Waals surface area contributed by atoms with Crippen molar-refractivity contribution < 1.29 is 4.79 Å². The number of amides is 1. The summed E-state index contributed by atoms with van der Waals surface area (Å²) < 4.78 is 3.01. The van der Waals surface area contributed by atoms with Crippen LogP contribution in [0, 0.1) is 3.57 Å². The summed E-state index contributed by atoms with van der Waals surface area (Å²) >= 11 is 3.58. The monoisotopic (exact) mass is 465 g/mol. The first-order valence-electron chi connectivity index (χ1n) is 7.69. The van der Waals surface area contributed by atoms with Gasteiger partial charge in [-0.05, 0) is 53.8 Å². The Labute approximate surface area is 163 Å². The molecule has 8 heteroatoms. The van der Waals surface area contributed by atoms with Crippen molar-refractivity contribution in [3.05, 3.63) is 52.4 Å². The number of carbonyl (C=O) groups excluding carboxylic acids is 1. The van der Waals surface area contributed by atoms with Crippen LogP contribution in [0.1, 0.15) is 6.92 Å². The normalized spacial score (nSPS) is 10.6. The van der Waals surface area contributed by atoms with E-state index < -0.39 is 0 Å². The van der Waals surface area contributed by atoms with E-state index in [9.17, 15) is 4.79 Å². The molecule has 25 heavy (non-hydrogen) atoms. The van der Waals surface area contributed by atoms with Gasteiger partial charge in [0.25, 0.3) is 0 Å². The minimum absolute atomic E-state index is 0.0646. The number of benzene rings is 1. The van der Waals surface area contributed by atoms with Crippen molar-refractivity contribution in [1.82, 2.24) is 19.7 Å². The van der Waals surface area contributed by atoms with Crippen LogP contribution in [-0.4, -0.2) is 31.4 Å². The fourth-order valence-corrected chi connectivity index (χ4v) is 3.60. The van der Waals surface area contributed by atoms with Crippen molar-refractivity contribution in [2.75, 3.05) is 11.1 Å². The highest BCUT2D eigenvalue weighted by Gasteiger charge is 2.14. The first kappa shape index (κ1) is 17.9. The van der Waals surface area contributed by atoms with Gasteiger partial charge in [-0.15, -0.1) is 10.2 Å². The Balaban J connectivity index is 1.68. The van der Waals surface area contributed by atoms with E-state index in [1.54, 1.807) is 12.4 Å². The highest BCUT2D eigenvalue weighted by molar-refractivity contribution is 14.1. The van der Waals surface area contributed by atoms with Crippen molar-refractivity contribution in [2.45, 2.75) is 18.6 Å². The molecule has 0 saturated carbocycles. The third-order valence-corrected chi connectivity index (χ3v) is 5.36. The van der Waals surface area contributed by atoms with E-state index >= 15 is 0 Å². The second kappa shape index (κ2) is 8.43. The Kier molecular flexibility index (Phi) is 6.03. The number of thioether (sulfide) groups is 1. The summed E-state index contributed by atoms with van der Waals surface area (Å²) in [5.41, 5.74) is 1.78. The SMILES string of the molecule is CCn1c(SCC(=O)Nc2ccccc2I)nnc1-c1ccncc1. The molecule has 1 N–H and O–H groups in total. The van der Waals surface area contributed by atoms with E-state index in [1.807, 2.05) is 47.9 Å². The average molecular weight is 465 g/mol. The first-order chi connectivity index (χ1) is 12.2. The number of para-hydroxylation sites is 1. The van der Waals surface area contributed by atoms with Gasteiger partial charge in [-0.2, -0.15) is 0 Å². The molecule has 0 atom stereocenters. The van der Waals surface area contributed by atoms with Crippen LogP contribution < -0.4 is 5.32 Å². The van der Waals surface area contributed by atoms with Crippen LogP contribution in [0.3, 0.4) is 0 Å². The minimum atomic E-state index is -0.0646. The summed E-state index contributed by atoms with van der Waals surface area (Å²) in [6, 6.07) is 11.5. The number of rotatable bonds is 6. The molecule has 128 valence electrons. The van der Waals surface area contributed by atoms with Gasteiger partial charge < -0.3 is 9.88 Å². The van der Waals surface area contributed by atoms with Crippen LogP contribution in [0.5, 0.6) is 0 Å². The average Bonchev–Trinajstić information content (AvgIpc) is 3.05. The van der Waals surface area contributed by atoms with Gasteiger partial charge in [0.2, 0.25) is 5.91 Å². The number of nitrogens with zero attached hydrogens (tertiary/aromatic N) is 4. The lowest BCUT2D eigenvalue weighted by Gasteiger charge is -2.08. The van der Waals surface area contributed by atoms with Gasteiger partial charge >= 0.3 is 0 Å². The largest absolute Gasteiger partial charge is 0.324 e. The van der Waals surface area contributed by atoms with Crippen LogP contribution >= 0.6 is 34.4 Å². The Morgan fingerprint density at radius 3 is 2.68 bits per heavy atom.